The quantitative estimate of drug-likeness (QED) is 0.838. The lowest BCUT2D eigenvalue weighted by Gasteiger charge is -2.26. The third-order valence-corrected chi connectivity index (χ3v) is 4.59. The van der Waals surface area contributed by atoms with E-state index in [2.05, 4.69) is 19.2 Å². The Morgan fingerprint density at radius 2 is 1.92 bits per heavy atom. The standard InChI is InChI=1S/C19H27NO4/c1-12(2)16-9-4-13(3)10-17(16)24-11-18(21)20-15-7-5-14(6-8-15)19(22)23/h4,9-10,12,14-15H,5-8,11H2,1-3H3,(H,20,21)(H,22,23). The summed E-state index contributed by atoms with van der Waals surface area (Å²) >= 11 is 0. The van der Waals surface area contributed by atoms with E-state index in [0.717, 1.165) is 16.9 Å². The molecule has 0 unspecified atom stereocenters. The van der Waals surface area contributed by atoms with Gasteiger partial charge in [0.1, 0.15) is 5.75 Å². The third-order valence-electron chi connectivity index (χ3n) is 4.59. The number of aliphatic carboxylic acids is 1. The van der Waals surface area contributed by atoms with Gasteiger partial charge in [-0.25, -0.2) is 0 Å². The Labute approximate surface area is 143 Å². The van der Waals surface area contributed by atoms with Crippen LogP contribution >= 0.6 is 0 Å². The summed E-state index contributed by atoms with van der Waals surface area (Å²) in [5.41, 5.74) is 2.19. The van der Waals surface area contributed by atoms with E-state index in [4.69, 9.17) is 9.84 Å². The number of carbonyl (C=O) groups excluding carboxylic acids is 1. The van der Waals surface area contributed by atoms with Gasteiger partial charge in [0, 0.05) is 6.04 Å². The number of hydrogen-bond donors (Lipinski definition) is 2. The van der Waals surface area contributed by atoms with Crippen LogP contribution in [0.25, 0.3) is 0 Å². The maximum absolute atomic E-state index is 12.1. The Hall–Kier alpha value is -2.04. The Bertz CT molecular complexity index is 589. The van der Waals surface area contributed by atoms with Gasteiger partial charge in [-0.15, -0.1) is 0 Å². The Balaban J connectivity index is 1.84. The van der Waals surface area contributed by atoms with Gasteiger partial charge in [-0.1, -0.05) is 26.0 Å². The Kier molecular flexibility index (Phi) is 6.23. The first-order valence-electron chi connectivity index (χ1n) is 8.62. The zero-order chi connectivity index (χ0) is 17.7. The van der Waals surface area contributed by atoms with Gasteiger partial charge >= 0.3 is 5.97 Å². The fraction of sp³-hybridized carbons (Fsp3) is 0.579. The molecule has 0 saturated heterocycles. The molecule has 1 aliphatic carbocycles. The molecule has 0 aromatic heterocycles. The second-order valence-corrected chi connectivity index (χ2v) is 6.94. The highest BCUT2D eigenvalue weighted by Gasteiger charge is 2.26. The van der Waals surface area contributed by atoms with E-state index in [-0.39, 0.29) is 24.5 Å². The molecule has 132 valence electrons. The summed E-state index contributed by atoms with van der Waals surface area (Å²) in [4.78, 5) is 23.1. The normalized spacial score (nSPS) is 20.7. The molecule has 1 aromatic carbocycles. The average Bonchev–Trinajstić information content (AvgIpc) is 2.53. The molecule has 5 heteroatoms. The van der Waals surface area contributed by atoms with Crippen LogP contribution in [0.15, 0.2) is 18.2 Å². The van der Waals surface area contributed by atoms with Gasteiger partial charge in [-0.05, 0) is 55.7 Å². The van der Waals surface area contributed by atoms with E-state index in [1.165, 1.54) is 0 Å². The first kappa shape index (κ1) is 18.3. The van der Waals surface area contributed by atoms with Crippen molar-refractivity contribution < 1.29 is 19.4 Å². The molecular formula is C19H27NO4. The smallest absolute Gasteiger partial charge is 0.306 e. The Morgan fingerprint density at radius 3 is 2.50 bits per heavy atom. The van der Waals surface area contributed by atoms with Crippen molar-refractivity contribution in [2.75, 3.05) is 6.61 Å². The summed E-state index contributed by atoms with van der Waals surface area (Å²) in [5, 5.41) is 12.0. The minimum atomic E-state index is -0.733. The van der Waals surface area contributed by atoms with E-state index >= 15 is 0 Å². The van der Waals surface area contributed by atoms with Crippen LogP contribution in [-0.4, -0.2) is 29.6 Å². The molecule has 1 aromatic rings. The van der Waals surface area contributed by atoms with Crippen LogP contribution in [0.2, 0.25) is 0 Å². The van der Waals surface area contributed by atoms with Crippen molar-refractivity contribution in [1.82, 2.24) is 5.32 Å². The largest absolute Gasteiger partial charge is 0.483 e. The summed E-state index contributed by atoms with van der Waals surface area (Å²) in [6, 6.07) is 6.10. The second kappa shape index (κ2) is 8.18. The van der Waals surface area contributed by atoms with Crippen LogP contribution in [0.5, 0.6) is 5.75 Å². The van der Waals surface area contributed by atoms with Gasteiger partial charge in [0.05, 0.1) is 5.92 Å². The number of ether oxygens (including phenoxy) is 1. The van der Waals surface area contributed by atoms with Crippen molar-refractivity contribution in [2.45, 2.75) is 58.4 Å². The third kappa shape index (κ3) is 4.98. The summed E-state index contributed by atoms with van der Waals surface area (Å²) in [6.07, 6.45) is 2.67. The zero-order valence-electron chi connectivity index (χ0n) is 14.7. The van der Waals surface area contributed by atoms with Crippen molar-refractivity contribution >= 4 is 11.9 Å². The SMILES string of the molecule is Cc1ccc(C(C)C)c(OCC(=O)NC2CCC(C(=O)O)CC2)c1. The fourth-order valence-corrected chi connectivity index (χ4v) is 3.14. The van der Waals surface area contributed by atoms with Gasteiger partial charge in [-0.2, -0.15) is 0 Å². The van der Waals surface area contributed by atoms with Crippen LogP contribution < -0.4 is 10.1 Å². The molecule has 1 aliphatic rings. The minimum absolute atomic E-state index is 0.0119. The molecule has 0 spiro atoms. The molecule has 0 heterocycles. The van der Waals surface area contributed by atoms with Crippen LogP contribution in [-0.2, 0) is 9.59 Å². The molecule has 1 fully saturated rings. The molecule has 0 aliphatic heterocycles. The topological polar surface area (TPSA) is 75.6 Å². The predicted molar refractivity (Wildman–Crippen MR) is 92.3 cm³/mol. The van der Waals surface area contributed by atoms with E-state index in [0.29, 0.717) is 31.6 Å². The first-order chi connectivity index (χ1) is 11.4. The van der Waals surface area contributed by atoms with Gasteiger partial charge in [0.2, 0.25) is 0 Å². The summed E-state index contributed by atoms with van der Waals surface area (Å²) in [6.45, 7) is 6.18. The molecule has 0 bridgehead atoms. The first-order valence-corrected chi connectivity index (χ1v) is 8.62. The number of nitrogens with one attached hydrogen (secondary N) is 1. The molecule has 0 radical (unpaired) electrons. The minimum Gasteiger partial charge on any atom is -0.483 e. The Morgan fingerprint density at radius 1 is 1.25 bits per heavy atom. The maximum atomic E-state index is 12.1. The summed E-state index contributed by atoms with van der Waals surface area (Å²) in [5.74, 6) is -0.0613. The van der Waals surface area contributed by atoms with E-state index < -0.39 is 5.97 Å². The molecule has 24 heavy (non-hydrogen) atoms. The highest BCUT2D eigenvalue weighted by molar-refractivity contribution is 5.78. The molecule has 1 amide bonds. The van der Waals surface area contributed by atoms with E-state index in [1.807, 2.05) is 25.1 Å². The van der Waals surface area contributed by atoms with Crippen molar-refractivity contribution in [2.24, 2.45) is 5.92 Å². The lowest BCUT2D eigenvalue weighted by Crippen LogP contribution is -2.41. The van der Waals surface area contributed by atoms with Crippen LogP contribution in [0.4, 0.5) is 0 Å². The highest BCUT2D eigenvalue weighted by Crippen LogP contribution is 2.27. The molecule has 2 rings (SSSR count). The number of rotatable bonds is 6. The fourth-order valence-electron chi connectivity index (χ4n) is 3.14. The highest BCUT2D eigenvalue weighted by atomic mass is 16.5. The lowest BCUT2D eigenvalue weighted by molar-refractivity contribution is -0.142. The summed E-state index contributed by atoms with van der Waals surface area (Å²) < 4.78 is 5.74. The number of amides is 1. The monoisotopic (exact) mass is 333 g/mol. The zero-order valence-corrected chi connectivity index (χ0v) is 14.7. The van der Waals surface area contributed by atoms with Gasteiger partial charge in [0.15, 0.2) is 6.61 Å². The van der Waals surface area contributed by atoms with Crippen LogP contribution in [0.3, 0.4) is 0 Å². The van der Waals surface area contributed by atoms with Crippen LogP contribution in [0, 0.1) is 12.8 Å². The van der Waals surface area contributed by atoms with Crippen molar-refractivity contribution in [3.63, 3.8) is 0 Å². The van der Waals surface area contributed by atoms with Crippen LogP contribution in [0.1, 0.15) is 56.6 Å². The van der Waals surface area contributed by atoms with E-state index in [1.54, 1.807) is 0 Å². The number of carbonyl (C=O) groups is 2. The van der Waals surface area contributed by atoms with Crippen molar-refractivity contribution in [3.05, 3.63) is 29.3 Å². The number of aryl methyl sites for hydroxylation is 1. The molecule has 2 N–H and O–H groups in total. The second-order valence-electron chi connectivity index (χ2n) is 6.94. The number of carboxylic acid groups (broad SMARTS) is 1. The van der Waals surface area contributed by atoms with Gasteiger partial charge < -0.3 is 15.2 Å². The predicted octanol–water partition coefficient (Wildman–Crippen LogP) is 3.26. The average molecular weight is 333 g/mol. The number of benzene rings is 1. The molecule has 0 atom stereocenters. The van der Waals surface area contributed by atoms with Gasteiger partial charge in [0.25, 0.3) is 5.91 Å². The number of carboxylic acids is 1. The molecule has 1 saturated carbocycles. The maximum Gasteiger partial charge on any atom is 0.306 e. The van der Waals surface area contributed by atoms with Gasteiger partial charge in [-0.3, -0.25) is 9.59 Å². The molecular weight excluding hydrogens is 306 g/mol. The van der Waals surface area contributed by atoms with Crippen molar-refractivity contribution in [3.8, 4) is 5.75 Å². The lowest BCUT2D eigenvalue weighted by atomic mass is 9.86. The summed E-state index contributed by atoms with van der Waals surface area (Å²) in [7, 11) is 0. The van der Waals surface area contributed by atoms with Crippen molar-refractivity contribution in [1.29, 1.82) is 0 Å². The number of hydrogen-bond acceptors (Lipinski definition) is 3. The van der Waals surface area contributed by atoms with E-state index in [9.17, 15) is 9.59 Å². The molecule has 5 nitrogen and oxygen atoms in total.